The number of benzene rings is 2. The van der Waals surface area contributed by atoms with Crippen LogP contribution >= 0.6 is 0 Å². The van der Waals surface area contributed by atoms with Gasteiger partial charge in [0, 0.05) is 6.54 Å². The summed E-state index contributed by atoms with van der Waals surface area (Å²) < 4.78 is 32.5. The molecule has 0 saturated heterocycles. The highest BCUT2D eigenvalue weighted by molar-refractivity contribution is 7.89. The second-order valence-corrected chi connectivity index (χ2v) is 7.39. The predicted molar refractivity (Wildman–Crippen MR) is 92.2 cm³/mol. The van der Waals surface area contributed by atoms with Gasteiger partial charge in [-0.2, -0.15) is 0 Å². The summed E-state index contributed by atoms with van der Waals surface area (Å²) in [6.07, 6.45) is 0. The molecule has 0 aromatic heterocycles. The van der Waals surface area contributed by atoms with Gasteiger partial charge in [-0.3, -0.25) is 0 Å². The molecule has 0 spiro atoms. The minimum Gasteiger partial charge on any atom is -0.494 e. The van der Waals surface area contributed by atoms with Crippen LogP contribution in [-0.4, -0.2) is 15.0 Å². The Balaban J connectivity index is 2.03. The molecule has 0 aliphatic carbocycles. The first-order valence-electron chi connectivity index (χ1n) is 7.73. The highest BCUT2D eigenvalue weighted by atomic mass is 32.2. The third-order valence-corrected chi connectivity index (χ3v) is 4.97. The first-order chi connectivity index (χ1) is 10.9. The van der Waals surface area contributed by atoms with E-state index in [1.54, 1.807) is 24.3 Å². The van der Waals surface area contributed by atoms with E-state index in [4.69, 9.17) is 4.74 Å². The van der Waals surface area contributed by atoms with Gasteiger partial charge in [-0.25, -0.2) is 13.1 Å². The molecule has 1 N–H and O–H groups in total. The molecule has 0 saturated carbocycles. The number of sulfonamides is 1. The van der Waals surface area contributed by atoms with Crippen LogP contribution in [0, 0.1) is 0 Å². The van der Waals surface area contributed by atoms with Gasteiger partial charge in [-0.15, -0.1) is 0 Å². The van der Waals surface area contributed by atoms with Crippen molar-refractivity contribution < 1.29 is 13.2 Å². The largest absolute Gasteiger partial charge is 0.494 e. The molecule has 2 aromatic carbocycles. The van der Waals surface area contributed by atoms with Crippen molar-refractivity contribution in [2.45, 2.75) is 38.1 Å². The number of hydrogen-bond acceptors (Lipinski definition) is 3. The zero-order valence-electron chi connectivity index (χ0n) is 13.7. The second kappa shape index (κ2) is 7.62. The lowest BCUT2D eigenvalue weighted by atomic mass is 10.0. The van der Waals surface area contributed by atoms with E-state index in [0.717, 1.165) is 5.56 Å². The molecule has 2 aromatic rings. The summed E-state index contributed by atoms with van der Waals surface area (Å²) in [5.74, 6) is 1.13. The number of hydrogen-bond donors (Lipinski definition) is 1. The maximum Gasteiger partial charge on any atom is 0.240 e. The highest BCUT2D eigenvalue weighted by Crippen LogP contribution is 2.17. The van der Waals surface area contributed by atoms with E-state index in [-0.39, 0.29) is 11.4 Å². The maximum absolute atomic E-state index is 12.3. The zero-order chi connectivity index (χ0) is 16.9. The molecule has 0 heterocycles. The SMILES string of the molecule is CCOc1ccc(S(=O)(=O)NCc2ccc(C(C)C)cc2)cc1. The summed E-state index contributed by atoms with van der Waals surface area (Å²) in [5, 5.41) is 0. The minimum atomic E-state index is -3.52. The average Bonchev–Trinajstić information content (AvgIpc) is 2.54. The molecular formula is C18H23NO3S. The van der Waals surface area contributed by atoms with Crippen LogP contribution in [0.4, 0.5) is 0 Å². The molecule has 124 valence electrons. The third-order valence-electron chi connectivity index (χ3n) is 3.56. The summed E-state index contributed by atoms with van der Waals surface area (Å²) in [6, 6.07) is 14.4. The van der Waals surface area contributed by atoms with Crippen molar-refractivity contribution in [2.75, 3.05) is 6.61 Å². The van der Waals surface area contributed by atoms with Crippen molar-refractivity contribution in [2.24, 2.45) is 0 Å². The van der Waals surface area contributed by atoms with Crippen molar-refractivity contribution >= 4 is 10.0 Å². The second-order valence-electron chi connectivity index (χ2n) is 5.63. The Kier molecular flexibility index (Phi) is 5.80. The Hall–Kier alpha value is -1.85. The Morgan fingerprint density at radius 3 is 2.13 bits per heavy atom. The Morgan fingerprint density at radius 2 is 1.61 bits per heavy atom. The van der Waals surface area contributed by atoms with Gasteiger partial charge in [0.1, 0.15) is 5.75 Å². The molecule has 2 rings (SSSR count). The van der Waals surface area contributed by atoms with Gasteiger partial charge in [-0.05, 0) is 48.2 Å². The topological polar surface area (TPSA) is 55.4 Å². The Morgan fingerprint density at radius 1 is 1.00 bits per heavy atom. The molecule has 4 nitrogen and oxygen atoms in total. The standard InChI is InChI=1S/C18H23NO3S/c1-4-22-17-9-11-18(12-10-17)23(20,21)19-13-15-5-7-16(8-6-15)14(2)3/h5-12,14,19H,4,13H2,1-3H3. The van der Waals surface area contributed by atoms with Crippen LogP contribution in [0.15, 0.2) is 53.4 Å². The van der Waals surface area contributed by atoms with Crippen LogP contribution in [0.25, 0.3) is 0 Å². The van der Waals surface area contributed by atoms with Crippen molar-refractivity contribution in [3.8, 4) is 5.75 Å². The van der Waals surface area contributed by atoms with E-state index >= 15 is 0 Å². The molecule has 5 heteroatoms. The molecule has 0 radical (unpaired) electrons. The summed E-state index contributed by atoms with van der Waals surface area (Å²) in [7, 11) is -3.52. The molecule has 0 bridgehead atoms. The minimum absolute atomic E-state index is 0.236. The summed E-state index contributed by atoms with van der Waals surface area (Å²) in [6.45, 7) is 6.97. The van der Waals surface area contributed by atoms with Gasteiger partial charge in [-0.1, -0.05) is 38.1 Å². The van der Waals surface area contributed by atoms with Crippen LogP contribution in [0.1, 0.15) is 37.8 Å². The number of ether oxygens (including phenoxy) is 1. The van der Waals surface area contributed by atoms with E-state index in [2.05, 4.69) is 18.6 Å². The van der Waals surface area contributed by atoms with Crippen molar-refractivity contribution in [1.29, 1.82) is 0 Å². The number of rotatable bonds is 7. The van der Waals surface area contributed by atoms with Crippen molar-refractivity contribution in [3.63, 3.8) is 0 Å². The first kappa shape index (κ1) is 17.5. The normalized spacial score (nSPS) is 11.7. The molecule has 0 unspecified atom stereocenters. The lowest BCUT2D eigenvalue weighted by Crippen LogP contribution is -2.23. The molecule has 23 heavy (non-hydrogen) atoms. The quantitative estimate of drug-likeness (QED) is 0.841. The van der Waals surface area contributed by atoms with Crippen molar-refractivity contribution in [1.82, 2.24) is 4.72 Å². The smallest absolute Gasteiger partial charge is 0.240 e. The molecule has 0 fully saturated rings. The average molecular weight is 333 g/mol. The lowest BCUT2D eigenvalue weighted by Gasteiger charge is -2.09. The van der Waals surface area contributed by atoms with Crippen LogP contribution in [-0.2, 0) is 16.6 Å². The fourth-order valence-corrected chi connectivity index (χ4v) is 3.18. The predicted octanol–water partition coefficient (Wildman–Crippen LogP) is 3.69. The zero-order valence-corrected chi connectivity index (χ0v) is 14.6. The van der Waals surface area contributed by atoms with Gasteiger partial charge < -0.3 is 4.74 Å². The van der Waals surface area contributed by atoms with Crippen LogP contribution < -0.4 is 9.46 Å². The van der Waals surface area contributed by atoms with E-state index in [1.165, 1.54) is 5.56 Å². The fraction of sp³-hybridized carbons (Fsp3) is 0.333. The highest BCUT2D eigenvalue weighted by Gasteiger charge is 2.13. The monoisotopic (exact) mass is 333 g/mol. The Labute approximate surface area is 138 Å². The van der Waals surface area contributed by atoms with E-state index in [1.807, 2.05) is 31.2 Å². The summed E-state index contributed by atoms with van der Waals surface area (Å²) in [4.78, 5) is 0.236. The van der Waals surface area contributed by atoms with Crippen molar-refractivity contribution in [3.05, 3.63) is 59.7 Å². The molecule has 0 atom stereocenters. The van der Waals surface area contributed by atoms with E-state index in [0.29, 0.717) is 18.3 Å². The molecule has 0 amide bonds. The first-order valence-corrected chi connectivity index (χ1v) is 9.22. The lowest BCUT2D eigenvalue weighted by molar-refractivity contribution is 0.340. The van der Waals surface area contributed by atoms with Gasteiger partial charge in [0.2, 0.25) is 10.0 Å². The number of nitrogens with one attached hydrogen (secondary N) is 1. The van der Waals surface area contributed by atoms with E-state index < -0.39 is 10.0 Å². The Bertz CT molecular complexity index is 720. The van der Waals surface area contributed by atoms with Gasteiger partial charge in [0.15, 0.2) is 0 Å². The molecule has 0 aliphatic rings. The van der Waals surface area contributed by atoms with Crippen LogP contribution in [0.3, 0.4) is 0 Å². The fourth-order valence-electron chi connectivity index (χ4n) is 2.16. The van der Waals surface area contributed by atoms with Crippen LogP contribution in [0.2, 0.25) is 0 Å². The van der Waals surface area contributed by atoms with Crippen LogP contribution in [0.5, 0.6) is 5.75 Å². The third kappa shape index (κ3) is 4.81. The summed E-state index contributed by atoms with van der Waals surface area (Å²) in [5.41, 5.74) is 2.17. The molecule has 0 aliphatic heterocycles. The molecular weight excluding hydrogens is 310 g/mol. The van der Waals surface area contributed by atoms with E-state index in [9.17, 15) is 8.42 Å². The van der Waals surface area contributed by atoms with Gasteiger partial charge >= 0.3 is 0 Å². The van der Waals surface area contributed by atoms with Gasteiger partial charge in [0.05, 0.1) is 11.5 Å². The maximum atomic E-state index is 12.3. The summed E-state index contributed by atoms with van der Waals surface area (Å²) >= 11 is 0. The van der Waals surface area contributed by atoms with Gasteiger partial charge in [0.25, 0.3) is 0 Å².